The largest absolute Gasteiger partial charge is 0.297 e. The van der Waals surface area contributed by atoms with Gasteiger partial charge < -0.3 is 0 Å². The summed E-state index contributed by atoms with van der Waals surface area (Å²) >= 11 is 1.44. The monoisotopic (exact) mass is 218 g/mol. The van der Waals surface area contributed by atoms with Crippen LogP contribution in [0.3, 0.4) is 0 Å². The van der Waals surface area contributed by atoms with E-state index in [-0.39, 0.29) is 5.82 Å². The van der Waals surface area contributed by atoms with E-state index in [1.807, 2.05) is 12.1 Å². The van der Waals surface area contributed by atoms with Crippen LogP contribution in [0.1, 0.15) is 20.8 Å². The molecular weight excluding hydrogens is 211 g/mol. The summed E-state index contributed by atoms with van der Waals surface area (Å²) in [7, 11) is 0. The number of thiophene rings is 1. The zero-order chi connectivity index (χ0) is 10.4. The Hall–Kier alpha value is -1.48. The third kappa shape index (κ3) is 1.23. The van der Waals surface area contributed by atoms with Gasteiger partial charge in [-0.3, -0.25) is 4.79 Å². The van der Waals surface area contributed by atoms with E-state index < -0.39 is 0 Å². The first-order valence-electron chi connectivity index (χ1n) is 4.64. The topological polar surface area (TPSA) is 17.1 Å². The van der Waals surface area contributed by atoms with Crippen molar-refractivity contribution in [2.75, 3.05) is 0 Å². The molecule has 2 aromatic rings. The summed E-state index contributed by atoms with van der Waals surface area (Å²) in [6, 6.07) is 6.74. The van der Waals surface area contributed by atoms with Crippen molar-refractivity contribution in [1.29, 1.82) is 0 Å². The number of halogens is 1. The second-order valence-electron chi connectivity index (χ2n) is 3.60. The van der Waals surface area contributed by atoms with Crippen molar-refractivity contribution in [2.24, 2.45) is 0 Å². The van der Waals surface area contributed by atoms with Gasteiger partial charge in [0, 0.05) is 4.88 Å². The van der Waals surface area contributed by atoms with Crippen LogP contribution in [0, 0.1) is 5.82 Å². The van der Waals surface area contributed by atoms with Gasteiger partial charge in [-0.2, -0.15) is 0 Å². The van der Waals surface area contributed by atoms with Crippen molar-refractivity contribution < 1.29 is 9.18 Å². The molecule has 74 valence electrons. The zero-order valence-corrected chi connectivity index (χ0v) is 8.60. The highest BCUT2D eigenvalue weighted by Gasteiger charge is 2.21. The van der Waals surface area contributed by atoms with Crippen LogP contribution < -0.4 is 0 Å². The van der Waals surface area contributed by atoms with Gasteiger partial charge in [-0.25, -0.2) is 4.39 Å². The number of benzene rings is 1. The number of carbonyl (C=O) groups excluding carboxylic acids is 1. The van der Waals surface area contributed by atoms with Gasteiger partial charge in [0.15, 0.2) is 6.29 Å². The Morgan fingerprint density at radius 2 is 2.13 bits per heavy atom. The molecule has 0 unspecified atom stereocenters. The molecule has 1 aromatic carbocycles. The maximum absolute atomic E-state index is 13.1. The molecule has 1 nitrogen and oxygen atoms in total. The minimum absolute atomic E-state index is 0.220. The minimum Gasteiger partial charge on any atom is -0.297 e. The smallest absolute Gasteiger partial charge is 0.160 e. The number of aldehydes is 1. The average Bonchev–Trinajstić information content (AvgIpc) is 2.75. The van der Waals surface area contributed by atoms with Crippen molar-refractivity contribution >= 4 is 17.6 Å². The maximum atomic E-state index is 13.1. The van der Waals surface area contributed by atoms with Gasteiger partial charge in [0.2, 0.25) is 0 Å². The molecule has 0 bridgehead atoms. The predicted octanol–water partition coefficient (Wildman–Crippen LogP) is 3.27. The Balaban J connectivity index is 2.23. The summed E-state index contributed by atoms with van der Waals surface area (Å²) in [6.07, 6.45) is 1.66. The van der Waals surface area contributed by atoms with Gasteiger partial charge in [-0.1, -0.05) is 6.07 Å². The van der Waals surface area contributed by atoms with Crippen LogP contribution in [0.15, 0.2) is 24.3 Å². The lowest BCUT2D eigenvalue weighted by Gasteiger charge is -1.98. The van der Waals surface area contributed by atoms with Gasteiger partial charge in [-0.15, -0.1) is 11.3 Å². The summed E-state index contributed by atoms with van der Waals surface area (Å²) in [5.74, 6) is -0.220. The Morgan fingerprint density at radius 3 is 2.93 bits per heavy atom. The van der Waals surface area contributed by atoms with E-state index in [0.29, 0.717) is 0 Å². The highest BCUT2D eigenvalue weighted by molar-refractivity contribution is 7.17. The van der Waals surface area contributed by atoms with E-state index in [1.165, 1.54) is 17.4 Å². The van der Waals surface area contributed by atoms with Gasteiger partial charge >= 0.3 is 0 Å². The van der Waals surface area contributed by atoms with E-state index in [4.69, 9.17) is 0 Å². The van der Waals surface area contributed by atoms with E-state index in [1.54, 1.807) is 6.07 Å². The second-order valence-corrected chi connectivity index (χ2v) is 4.68. The van der Waals surface area contributed by atoms with Crippen LogP contribution in [0.4, 0.5) is 4.39 Å². The first-order valence-corrected chi connectivity index (χ1v) is 5.46. The predicted molar refractivity (Wildman–Crippen MR) is 57.9 cm³/mol. The number of hydrogen-bond acceptors (Lipinski definition) is 2. The summed E-state index contributed by atoms with van der Waals surface area (Å²) in [6.45, 7) is 0. The first-order chi connectivity index (χ1) is 7.28. The molecule has 3 heteroatoms. The molecule has 0 saturated carbocycles. The lowest BCUT2D eigenvalue weighted by molar-refractivity contribution is 0.112. The molecule has 0 saturated heterocycles. The van der Waals surface area contributed by atoms with E-state index >= 15 is 0 Å². The Kier molecular flexibility index (Phi) is 1.76. The summed E-state index contributed by atoms with van der Waals surface area (Å²) in [5.41, 5.74) is 3.24. The highest BCUT2D eigenvalue weighted by Crippen LogP contribution is 2.42. The van der Waals surface area contributed by atoms with E-state index in [2.05, 4.69) is 0 Å². The van der Waals surface area contributed by atoms with Crippen molar-refractivity contribution in [1.82, 2.24) is 0 Å². The molecule has 1 aliphatic rings. The molecule has 3 rings (SSSR count). The molecule has 0 radical (unpaired) electrons. The fraction of sp³-hybridized carbons (Fsp3) is 0.0833. The fourth-order valence-electron chi connectivity index (χ4n) is 1.99. The molecule has 0 N–H and O–H groups in total. The van der Waals surface area contributed by atoms with Gasteiger partial charge in [0.1, 0.15) is 5.82 Å². The van der Waals surface area contributed by atoms with Crippen LogP contribution in [-0.2, 0) is 6.42 Å². The Morgan fingerprint density at radius 1 is 1.27 bits per heavy atom. The third-order valence-electron chi connectivity index (χ3n) is 2.64. The molecule has 0 amide bonds. The summed E-state index contributed by atoms with van der Waals surface area (Å²) in [4.78, 5) is 12.4. The maximum Gasteiger partial charge on any atom is 0.160 e. The fourth-order valence-corrected chi connectivity index (χ4v) is 3.03. The molecule has 0 spiro atoms. The van der Waals surface area contributed by atoms with Crippen LogP contribution in [0.25, 0.3) is 10.4 Å². The molecule has 1 heterocycles. The van der Waals surface area contributed by atoms with Crippen molar-refractivity contribution in [3.63, 3.8) is 0 Å². The Bertz CT molecular complexity index is 557. The van der Waals surface area contributed by atoms with E-state index in [0.717, 1.165) is 39.2 Å². The van der Waals surface area contributed by atoms with E-state index in [9.17, 15) is 9.18 Å². The zero-order valence-electron chi connectivity index (χ0n) is 7.79. The minimum atomic E-state index is -0.220. The molecular formula is C12H7FOS. The van der Waals surface area contributed by atoms with Crippen LogP contribution in [-0.4, -0.2) is 6.29 Å². The summed E-state index contributed by atoms with van der Waals surface area (Å²) < 4.78 is 13.1. The average molecular weight is 218 g/mol. The highest BCUT2D eigenvalue weighted by atomic mass is 32.1. The third-order valence-corrected chi connectivity index (χ3v) is 3.78. The normalized spacial score (nSPS) is 12.3. The molecule has 0 fully saturated rings. The quantitative estimate of drug-likeness (QED) is 0.573. The van der Waals surface area contributed by atoms with Crippen LogP contribution in [0.2, 0.25) is 0 Å². The van der Waals surface area contributed by atoms with Crippen molar-refractivity contribution in [2.45, 2.75) is 6.42 Å². The summed E-state index contributed by atoms with van der Waals surface area (Å²) in [5, 5.41) is 0. The number of fused-ring (bicyclic) bond motifs is 3. The number of rotatable bonds is 1. The number of hydrogen-bond donors (Lipinski definition) is 0. The van der Waals surface area contributed by atoms with Crippen molar-refractivity contribution in [3.8, 4) is 10.4 Å². The Labute approximate surface area is 90.2 Å². The molecule has 0 atom stereocenters. The van der Waals surface area contributed by atoms with Crippen LogP contribution >= 0.6 is 11.3 Å². The molecule has 1 aliphatic carbocycles. The lowest BCUT2D eigenvalue weighted by atomic mass is 10.1. The second kappa shape index (κ2) is 3.00. The lowest BCUT2D eigenvalue weighted by Crippen LogP contribution is -1.82. The van der Waals surface area contributed by atoms with Crippen LogP contribution in [0.5, 0.6) is 0 Å². The van der Waals surface area contributed by atoms with Gasteiger partial charge in [0.25, 0.3) is 0 Å². The van der Waals surface area contributed by atoms with Crippen molar-refractivity contribution in [3.05, 3.63) is 46.1 Å². The first kappa shape index (κ1) is 8.80. The molecule has 15 heavy (non-hydrogen) atoms. The standard InChI is InChI=1S/C12H7FOS/c13-9-2-1-7-3-8-4-10(6-14)15-12(8)11(7)5-9/h1-2,4-6H,3H2. The number of carbonyl (C=O) groups is 1. The SMILES string of the molecule is O=Cc1cc2c(s1)-c1cc(F)ccc1C2. The van der Waals surface area contributed by atoms with Gasteiger partial charge in [0.05, 0.1) is 4.88 Å². The molecule has 0 aliphatic heterocycles. The van der Waals surface area contributed by atoms with Gasteiger partial charge in [-0.05, 0) is 41.3 Å². The molecule has 1 aromatic heterocycles.